The van der Waals surface area contributed by atoms with E-state index in [1.165, 1.54) is 31.4 Å². The van der Waals surface area contributed by atoms with E-state index in [4.69, 9.17) is 22.1 Å². The summed E-state index contributed by atoms with van der Waals surface area (Å²) in [6.07, 6.45) is -3.76. The second kappa shape index (κ2) is 10.1. The van der Waals surface area contributed by atoms with Crippen LogP contribution in [0.5, 0.6) is 5.75 Å². The van der Waals surface area contributed by atoms with Crippen LogP contribution in [0.15, 0.2) is 39.6 Å². The van der Waals surface area contributed by atoms with Crippen molar-refractivity contribution >= 4 is 45.7 Å². The molecular weight excluding hydrogens is 523 g/mol. The fourth-order valence-electron chi connectivity index (χ4n) is 3.74. The van der Waals surface area contributed by atoms with Crippen LogP contribution in [-0.2, 0) is 6.18 Å². The average Bonchev–Trinajstić information content (AvgIpc) is 3.22. The summed E-state index contributed by atoms with van der Waals surface area (Å²) >= 11 is 6.35. The summed E-state index contributed by atoms with van der Waals surface area (Å²) in [7, 11) is -2.46. The Morgan fingerprint density at radius 2 is 1.92 bits per heavy atom. The van der Waals surface area contributed by atoms with Crippen LogP contribution in [0, 0.1) is 0 Å². The molecule has 1 aromatic heterocycles. The third kappa shape index (κ3) is 5.68. The maximum atomic E-state index is 14.1. The van der Waals surface area contributed by atoms with Gasteiger partial charge in [-0.3, -0.25) is 9.11 Å². The molecule has 0 radical (unpaired) electrons. The number of nitrogens with zero attached hydrogens (tertiary/aromatic N) is 3. The van der Waals surface area contributed by atoms with Crippen LogP contribution in [0.3, 0.4) is 0 Å². The summed E-state index contributed by atoms with van der Waals surface area (Å²) in [6.45, 7) is 1.27. The van der Waals surface area contributed by atoms with Gasteiger partial charge < -0.3 is 21.1 Å². The van der Waals surface area contributed by atoms with Crippen LogP contribution in [0.25, 0.3) is 11.1 Å². The predicted molar refractivity (Wildman–Crippen MR) is 133 cm³/mol. The smallest absolute Gasteiger partial charge is 0.417 e. The zero-order valence-electron chi connectivity index (χ0n) is 18.9. The van der Waals surface area contributed by atoms with E-state index in [1.54, 1.807) is 0 Å². The highest BCUT2D eigenvalue weighted by Gasteiger charge is 2.36. The summed E-state index contributed by atoms with van der Waals surface area (Å²) in [5.74, 6) is 0.0124. The normalized spacial score (nSPS) is 15.0. The first kappa shape index (κ1) is 26.0. The molecule has 0 atom stereocenters. The molecule has 15 heteroatoms. The topological polar surface area (TPSA) is 154 Å². The predicted octanol–water partition coefficient (Wildman–Crippen LogP) is 5.33. The Hall–Kier alpha value is -3.04. The molecule has 3 aromatic rings. The quantitative estimate of drug-likeness (QED) is 0.243. The van der Waals surface area contributed by atoms with E-state index in [0.717, 1.165) is 6.07 Å². The molecule has 1 aliphatic heterocycles. The molecule has 0 bridgehead atoms. The van der Waals surface area contributed by atoms with Gasteiger partial charge in [-0.15, -0.1) is 5.10 Å². The largest absolute Gasteiger partial charge is 0.495 e. The zero-order valence-corrected chi connectivity index (χ0v) is 20.4. The Kier molecular flexibility index (Phi) is 7.33. The summed E-state index contributed by atoms with van der Waals surface area (Å²) in [6, 6.07) is 6.04. The highest BCUT2D eigenvalue weighted by molar-refractivity contribution is 8.23. The van der Waals surface area contributed by atoms with Crippen molar-refractivity contribution in [3.63, 3.8) is 0 Å². The van der Waals surface area contributed by atoms with E-state index in [9.17, 15) is 22.3 Å². The Morgan fingerprint density at radius 3 is 2.53 bits per heavy atom. The van der Waals surface area contributed by atoms with Crippen molar-refractivity contribution in [1.29, 1.82) is 0 Å². The number of ether oxygens (including phenoxy) is 1. The molecule has 36 heavy (non-hydrogen) atoms. The molecule has 4 rings (SSSR count). The zero-order chi connectivity index (χ0) is 26.1. The molecule has 194 valence electrons. The van der Waals surface area contributed by atoms with E-state index in [0.29, 0.717) is 31.6 Å². The molecule has 0 unspecified atom stereocenters. The van der Waals surface area contributed by atoms with Crippen LogP contribution >= 0.6 is 22.4 Å². The molecule has 0 spiro atoms. The third-order valence-corrected chi connectivity index (χ3v) is 7.06. The molecule has 1 fully saturated rings. The second-order valence-corrected chi connectivity index (χ2v) is 9.91. The first-order chi connectivity index (χ1) is 17.0. The van der Waals surface area contributed by atoms with Gasteiger partial charge >= 0.3 is 6.18 Å². The summed E-state index contributed by atoms with van der Waals surface area (Å²) in [5, 5.41) is 11.6. The minimum atomic E-state index is -4.80. The van der Waals surface area contributed by atoms with Gasteiger partial charge in [-0.2, -0.15) is 22.6 Å². The maximum absolute atomic E-state index is 14.1. The maximum Gasteiger partial charge on any atom is 0.417 e. The van der Waals surface area contributed by atoms with Crippen LogP contribution in [0.1, 0.15) is 18.4 Å². The molecule has 2 heterocycles. The number of alkyl halides is 3. The van der Waals surface area contributed by atoms with Gasteiger partial charge in [0.15, 0.2) is 0 Å². The molecule has 1 saturated heterocycles. The number of hydrogen-bond acceptors (Lipinski definition) is 9. The number of H-pyrrole nitrogens is 1. The summed E-state index contributed by atoms with van der Waals surface area (Å²) in [4.78, 5) is 3.66. The molecule has 0 amide bonds. The number of nitrogens with one attached hydrogen (secondary N) is 3. The Balaban J connectivity index is 1.81. The van der Waals surface area contributed by atoms with Gasteiger partial charge in [-0.1, -0.05) is 28.4 Å². The third-order valence-electron chi connectivity index (χ3n) is 5.34. The van der Waals surface area contributed by atoms with Gasteiger partial charge in [-0.05, 0) is 42.7 Å². The minimum Gasteiger partial charge on any atom is -0.495 e. The number of piperidine rings is 1. The number of rotatable bonds is 6. The molecule has 0 saturated carbocycles. The first-order valence-corrected chi connectivity index (χ1v) is 12.5. The van der Waals surface area contributed by atoms with E-state index in [2.05, 4.69) is 30.2 Å². The van der Waals surface area contributed by atoms with Gasteiger partial charge in [0.25, 0.3) is 0 Å². The van der Waals surface area contributed by atoms with Crippen molar-refractivity contribution in [2.24, 2.45) is 4.40 Å². The fourth-order valence-corrected chi connectivity index (χ4v) is 5.41. The van der Waals surface area contributed by atoms with Crippen molar-refractivity contribution in [3.8, 4) is 16.9 Å². The van der Waals surface area contributed by atoms with E-state index in [1.807, 2.05) is 0 Å². The lowest BCUT2D eigenvalue weighted by Crippen LogP contribution is -2.28. The van der Waals surface area contributed by atoms with Gasteiger partial charge in [-0.25, -0.2) is 5.10 Å². The standard InChI is InChI=1S/C21H23ClF3N7O3S/c1-35-16-3-2-11(8-17(16)36(33,34)32-12-4-6-27-7-5-12)18-14(21(23,24)25)9-13(10-15(18)22)28-20-29-19(26)30-31-20/h2-3,8-10,27,33-34H,4-7H2,1H3,(H4,26,28,29,30,31). The highest BCUT2D eigenvalue weighted by atomic mass is 35.5. The van der Waals surface area contributed by atoms with Crippen LogP contribution in [-0.4, -0.2) is 50.2 Å². The fraction of sp³-hybridized carbons (Fsp3) is 0.286. The lowest BCUT2D eigenvalue weighted by molar-refractivity contribution is -0.137. The summed E-state index contributed by atoms with van der Waals surface area (Å²) < 4.78 is 73.6. The van der Waals surface area contributed by atoms with Gasteiger partial charge in [0.05, 0.1) is 17.7 Å². The SMILES string of the molecule is COc1ccc(-c2c(Cl)cc(Nc3n[nH]c(N)n3)cc2C(F)(F)F)cc1S(O)(O)N=C1CCNCC1. The average molecular weight is 546 g/mol. The Morgan fingerprint density at radius 1 is 1.19 bits per heavy atom. The van der Waals surface area contributed by atoms with E-state index >= 15 is 0 Å². The first-order valence-electron chi connectivity index (χ1n) is 10.6. The van der Waals surface area contributed by atoms with Gasteiger partial charge in [0, 0.05) is 30.1 Å². The Bertz CT molecular complexity index is 1290. The van der Waals surface area contributed by atoms with E-state index in [-0.39, 0.29) is 44.4 Å². The highest BCUT2D eigenvalue weighted by Crippen LogP contribution is 2.56. The minimum absolute atomic E-state index is 0.00213. The van der Waals surface area contributed by atoms with Gasteiger partial charge in [0.2, 0.25) is 11.9 Å². The van der Waals surface area contributed by atoms with E-state index < -0.39 is 22.5 Å². The number of halogens is 4. The molecule has 7 N–H and O–H groups in total. The second-order valence-electron chi connectivity index (χ2n) is 7.84. The van der Waals surface area contributed by atoms with Gasteiger partial charge in [0.1, 0.15) is 10.6 Å². The number of aromatic nitrogens is 3. The molecule has 10 nitrogen and oxygen atoms in total. The van der Waals surface area contributed by atoms with Crippen molar-refractivity contribution in [1.82, 2.24) is 20.5 Å². The van der Waals surface area contributed by atoms with Crippen molar-refractivity contribution in [2.45, 2.75) is 23.9 Å². The van der Waals surface area contributed by atoms with Crippen LogP contribution < -0.4 is 21.1 Å². The number of nitrogens with two attached hydrogens (primary N) is 1. The number of nitrogen functional groups attached to an aromatic ring is 1. The molecule has 1 aliphatic rings. The number of aromatic amines is 1. The lowest BCUT2D eigenvalue weighted by atomic mass is 9.98. The van der Waals surface area contributed by atoms with Crippen molar-refractivity contribution in [3.05, 3.63) is 40.9 Å². The number of hydrogen-bond donors (Lipinski definition) is 6. The van der Waals surface area contributed by atoms with Crippen LogP contribution in [0.4, 0.5) is 30.8 Å². The number of methoxy groups -OCH3 is 1. The molecular formula is C21H23ClF3N7O3S. The van der Waals surface area contributed by atoms with Crippen molar-refractivity contribution in [2.75, 3.05) is 31.2 Å². The Labute approximate surface area is 210 Å². The number of benzene rings is 2. The summed E-state index contributed by atoms with van der Waals surface area (Å²) in [5.41, 5.74) is 4.63. The molecule has 2 aromatic carbocycles. The number of anilines is 3. The monoisotopic (exact) mass is 545 g/mol. The lowest BCUT2D eigenvalue weighted by Gasteiger charge is -2.31. The van der Waals surface area contributed by atoms with Crippen LogP contribution in [0.2, 0.25) is 5.02 Å². The molecule has 0 aliphatic carbocycles. The van der Waals surface area contributed by atoms with Crippen molar-refractivity contribution < 1.29 is 27.0 Å².